The van der Waals surface area contributed by atoms with Crippen molar-refractivity contribution in [3.8, 4) is 0 Å². The van der Waals surface area contributed by atoms with E-state index in [-0.39, 0.29) is 44.8 Å². The van der Waals surface area contributed by atoms with Gasteiger partial charge in [-0.25, -0.2) is 0 Å². The van der Waals surface area contributed by atoms with Crippen LogP contribution in [0.2, 0.25) is 0 Å². The van der Waals surface area contributed by atoms with Crippen molar-refractivity contribution >= 4 is 17.7 Å². The van der Waals surface area contributed by atoms with E-state index in [1.165, 1.54) is 0 Å². The number of hydrogen-bond donors (Lipinski definition) is 1. The molecule has 0 radical (unpaired) electrons. The third-order valence-corrected chi connectivity index (χ3v) is 5.18. The lowest BCUT2D eigenvalue weighted by Gasteiger charge is -2.17. The van der Waals surface area contributed by atoms with Gasteiger partial charge in [0, 0.05) is 12.8 Å². The predicted octanol–water partition coefficient (Wildman–Crippen LogP) is 4.02. The van der Waals surface area contributed by atoms with Gasteiger partial charge in [-0.05, 0) is 23.1 Å². The van der Waals surface area contributed by atoms with E-state index < -0.39 is 18.0 Å². The lowest BCUT2D eigenvalue weighted by atomic mass is 10.1. The summed E-state index contributed by atoms with van der Waals surface area (Å²) >= 11 is 0. The van der Waals surface area contributed by atoms with Crippen molar-refractivity contribution in [3.63, 3.8) is 0 Å². The van der Waals surface area contributed by atoms with Crippen LogP contribution in [0.5, 0.6) is 0 Å². The van der Waals surface area contributed by atoms with E-state index in [2.05, 4.69) is 5.32 Å². The van der Waals surface area contributed by atoms with E-state index in [0.29, 0.717) is 0 Å². The molecular weight excluding hydrogens is 430 g/mol. The number of nitrogens with one attached hydrogen (secondary N) is 1. The van der Waals surface area contributed by atoms with Gasteiger partial charge in [0.15, 0.2) is 5.78 Å². The molecule has 0 heterocycles. The smallest absolute Gasteiger partial charge is 0.323 e. The molecule has 0 aliphatic rings. The van der Waals surface area contributed by atoms with Gasteiger partial charge >= 0.3 is 11.9 Å². The second-order valence-electron chi connectivity index (χ2n) is 7.91. The highest BCUT2D eigenvalue weighted by molar-refractivity contribution is 5.84. The molecule has 0 aliphatic heterocycles. The van der Waals surface area contributed by atoms with Crippen LogP contribution in [-0.2, 0) is 43.5 Å². The van der Waals surface area contributed by atoms with Crippen LogP contribution in [0.25, 0.3) is 0 Å². The molecule has 0 bridgehead atoms. The summed E-state index contributed by atoms with van der Waals surface area (Å²) in [6.45, 7) is 0.291. The minimum atomic E-state index is -0.798. The molecule has 1 unspecified atom stereocenters. The normalized spacial score (nSPS) is 11.4. The lowest BCUT2D eigenvalue weighted by molar-refractivity contribution is -0.149. The van der Waals surface area contributed by atoms with Gasteiger partial charge < -0.3 is 9.47 Å². The van der Waals surface area contributed by atoms with Crippen LogP contribution in [0.1, 0.15) is 29.5 Å². The number of carbonyl (C=O) groups excluding carboxylic acids is 3. The minimum Gasteiger partial charge on any atom is -0.461 e. The Bertz CT molecular complexity index is 1040. The quantitative estimate of drug-likeness (QED) is 0.389. The van der Waals surface area contributed by atoms with Crippen LogP contribution in [0, 0.1) is 0 Å². The average molecular weight is 460 g/mol. The maximum absolute atomic E-state index is 12.7. The summed E-state index contributed by atoms with van der Waals surface area (Å²) in [5.41, 5.74) is 2.65. The SMILES string of the molecule is O=C(CNC(CCC(=O)OCc1ccccc1)C(=O)OCc1ccccc1)Cc1ccccc1. The second kappa shape index (κ2) is 13.7. The lowest BCUT2D eigenvalue weighted by Crippen LogP contribution is -2.41. The molecule has 6 nitrogen and oxygen atoms in total. The van der Waals surface area contributed by atoms with Gasteiger partial charge in [0.2, 0.25) is 0 Å². The van der Waals surface area contributed by atoms with Crippen molar-refractivity contribution in [2.45, 2.75) is 38.5 Å². The van der Waals surface area contributed by atoms with Crippen LogP contribution < -0.4 is 5.32 Å². The number of esters is 2. The summed E-state index contributed by atoms with van der Waals surface area (Å²) in [6.07, 6.45) is 0.455. The third-order valence-electron chi connectivity index (χ3n) is 5.18. The first-order chi connectivity index (χ1) is 16.6. The number of hydrogen-bond acceptors (Lipinski definition) is 6. The Morgan fingerprint density at radius 3 is 1.74 bits per heavy atom. The number of ketones is 1. The zero-order valence-electron chi connectivity index (χ0n) is 19.0. The summed E-state index contributed by atoms with van der Waals surface area (Å²) < 4.78 is 10.7. The summed E-state index contributed by atoms with van der Waals surface area (Å²) in [7, 11) is 0. The first kappa shape index (κ1) is 24.9. The first-order valence-electron chi connectivity index (χ1n) is 11.3. The maximum atomic E-state index is 12.7. The molecule has 0 spiro atoms. The van der Waals surface area contributed by atoms with Crippen molar-refractivity contribution in [1.82, 2.24) is 5.32 Å². The van der Waals surface area contributed by atoms with Crippen LogP contribution >= 0.6 is 0 Å². The average Bonchev–Trinajstić information content (AvgIpc) is 2.88. The predicted molar refractivity (Wildman–Crippen MR) is 129 cm³/mol. The van der Waals surface area contributed by atoms with Crippen molar-refractivity contribution in [3.05, 3.63) is 108 Å². The monoisotopic (exact) mass is 459 g/mol. The van der Waals surface area contributed by atoms with E-state index >= 15 is 0 Å². The molecule has 0 amide bonds. The van der Waals surface area contributed by atoms with Crippen molar-refractivity contribution in [1.29, 1.82) is 0 Å². The fraction of sp³-hybridized carbons (Fsp3) is 0.250. The number of benzene rings is 3. The van der Waals surface area contributed by atoms with Gasteiger partial charge in [0.05, 0.1) is 6.54 Å². The van der Waals surface area contributed by atoms with E-state index in [1.807, 2.05) is 91.0 Å². The molecule has 0 aromatic heterocycles. The number of carbonyl (C=O) groups is 3. The molecule has 0 fully saturated rings. The summed E-state index contributed by atoms with van der Waals surface area (Å²) in [5, 5.41) is 2.97. The zero-order chi connectivity index (χ0) is 24.0. The van der Waals surface area contributed by atoms with Crippen LogP contribution in [0.4, 0.5) is 0 Å². The van der Waals surface area contributed by atoms with Crippen molar-refractivity contribution in [2.75, 3.05) is 6.54 Å². The second-order valence-corrected chi connectivity index (χ2v) is 7.91. The molecule has 1 atom stereocenters. The number of rotatable bonds is 13. The molecule has 176 valence electrons. The van der Waals surface area contributed by atoms with E-state index in [0.717, 1.165) is 16.7 Å². The molecule has 3 aromatic rings. The van der Waals surface area contributed by atoms with Crippen LogP contribution in [0.15, 0.2) is 91.0 Å². The summed E-state index contributed by atoms with van der Waals surface area (Å²) in [5.74, 6) is -0.979. The largest absolute Gasteiger partial charge is 0.461 e. The number of Topliss-reactive ketones (excluding diaryl/α,β-unsaturated/α-hetero) is 1. The van der Waals surface area contributed by atoms with Gasteiger partial charge in [-0.3, -0.25) is 19.7 Å². The fourth-order valence-corrected chi connectivity index (χ4v) is 3.33. The minimum absolute atomic E-state index is 0.000932. The van der Waals surface area contributed by atoms with E-state index in [4.69, 9.17) is 9.47 Å². The van der Waals surface area contributed by atoms with Gasteiger partial charge in [0.25, 0.3) is 0 Å². The number of ether oxygens (including phenoxy) is 2. The molecule has 0 saturated heterocycles. The Hall–Kier alpha value is -3.77. The molecule has 6 heteroatoms. The Kier molecular flexibility index (Phi) is 10.0. The van der Waals surface area contributed by atoms with E-state index in [1.54, 1.807) is 0 Å². The van der Waals surface area contributed by atoms with Crippen LogP contribution in [-0.4, -0.2) is 30.3 Å². The van der Waals surface area contributed by atoms with Crippen molar-refractivity contribution in [2.24, 2.45) is 0 Å². The van der Waals surface area contributed by atoms with Gasteiger partial charge in [0.1, 0.15) is 19.3 Å². The third kappa shape index (κ3) is 9.00. The Balaban J connectivity index is 1.52. The highest BCUT2D eigenvalue weighted by atomic mass is 16.5. The van der Waals surface area contributed by atoms with E-state index in [9.17, 15) is 14.4 Å². The molecule has 3 aromatic carbocycles. The standard InChI is InChI=1S/C28H29NO5/c30-25(18-22-10-4-1-5-11-22)19-29-26(28(32)34-21-24-14-8-3-9-15-24)16-17-27(31)33-20-23-12-6-2-7-13-23/h1-15,26,29H,16-21H2. The van der Waals surface area contributed by atoms with Gasteiger partial charge in [-0.15, -0.1) is 0 Å². The maximum Gasteiger partial charge on any atom is 0.323 e. The molecule has 1 N–H and O–H groups in total. The first-order valence-corrected chi connectivity index (χ1v) is 11.3. The molecule has 0 saturated carbocycles. The highest BCUT2D eigenvalue weighted by Gasteiger charge is 2.22. The molecule has 0 aliphatic carbocycles. The summed E-state index contributed by atoms with van der Waals surface area (Å²) in [6, 6.07) is 27.3. The van der Waals surface area contributed by atoms with Gasteiger partial charge in [-0.1, -0.05) is 91.0 Å². The van der Waals surface area contributed by atoms with Crippen molar-refractivity contribution < 1.29 is 23.9 Å². The Labute approximate surface area is 199 Å². The fourth-order valence-electron chi connectivity index (χ4n) is 3.33. The molecular formula is C28H29NO5. The Morgan fingerprint density at radius 1 is 0.676 bits per heavy atom. The van der Waals surface area contributed by atoms with Gasteiger partial charge in [-0.2, -0.15) is 0 Å². The molecule has 3 rings (SSSR count). The molecule has 34 heavy (non-hydrogen) atoms. The topological polar surface area (TPSA) is 81.7 Å². The highest BCUT2D eigenvalue weighted by Crippen LogP contribution is 2.08. The van der Waals surface area contributed by atoms with Crippen LogP contribution in [0.3, 0.4) is 0 Å². The summed E-state index contributed by atoms with van der Waals surface area (Å²) in [4.78, 5) is 37.4. The Morgan fingerprint density at radius 2 is 1.18 bits per heavy atom. The zero-order valence-corrected chi connectivity index (χ0v) is 19.0.